The second-order valence-electron chi connectivity index (χ2n) is 6.51. The molecule has 1 aliphatic rings. The van der Waals surface area contributed by atoms with E-state index >= 15 is 0 Å². The van der Waals surface area contributed by atoms with E-state index < -0.39 is 48.9 Å². The summed E-state index contributed by atoms with van der Waals surface area (Å²) in [5.41, 5.74) is -0.294. The molecule has 0 bridgehead atoms. The summed E-state index contributed by atoms with van der Waals surface area (Å²) in [6.07, 6.45) is 2.24. The molecule has 0 aliphatic heterocycles. The molecule has 0 amide bonds. The van der Waals surface area contributed by atoms with Crippen LogP contribution in [0.2, 0.25) is 17.6 Å². The molecular weight excluding hydrogens is 343 g/mol. The van der Waals surface area contributed by atoms with Crippen LogP contribution in [0.1, 0.15) is 51.0 Å². The average molecular weight is 366 g/mol. The molecular formula is C17H23F5OSi. The Morgan fingerprint density at radius 2 is 1.21 bits per heavy atom. The summed E-state index contributed by atoms with van der Waals surface area (Å²) < 4.78 is 73.8. The van der Waals surface area contributed by atoms with Crippen LogP contribution in [0.3, 0.4) is 0 Å². The minimum absolute atomic E-state index is 0.356. The van der Waals surface area contributed by atoms with Gasteiger partial charge in [-0.3, -0.25) is 0 Å². The third-order valence-corrected chi connectivity index (χ3v) is 11.0. The summed E-state index contributed by atoms with van der Waals surface area (Å²) in [5, 5.41) is 0. The van der Waals surface area contributed by atoms with E-state index in [2.05, 4.69) is 13.8 Å². The van der Waals surface area contributed by atoms with Gasteiger partial charge >= 0.3 is 0 Å². The Morgan fingerprint density at radius 1 is 0.792 bits per heavy atom. The predicted molar refractivity (Wildman–Crippen MR) is 84.9 cm³/mol. The van der Waals surface area contributed by atoms with Gasteiger partial charge in [-0.15, -0.1) is 0 Å². The van der Waals surface area contributed by atoms with Crippen molar-refractivity contribution in [2.45, 2.75) is 63.1 Å². The third-order valence-electron chi connectivity index (χ3n) is 5.73. The van der Waals surface area contributed by atoms with Crippen LogP contribution in [0.4, 0.5) is 22.0 Å². The molecule has 0 atom stereocenters. The van der Waals surface area contributed by atoms with E-state index in [0.29, 0.717) is 31.2 Å². The van der Waals surface area contributed by atoms with Gasteiger partial charge in [0.15, 0.2) is 31.6 Å². The molecule has 1 aromatic carbocycles. The van der Waals surface area contributed by atoms with Gasteiger partial charge in [0.05, 0.1) is 0 Å². The number of hydrogen-bond donors (Lipinski definition) is 0. The van der Waals surface area contributed by atoms with Crippen LogP contribution >= 0.6 is 0 Å². The Morgan fingerprint density at radius 3 is 1.58 bits per heavy atom. The molecule has 0 radical (unpaired) electrons. The van der Waals surface area contributed by atoms with E-state index in [4.69, 9.17) is 4.43 Å². The fourth-order valence-corrected chi connectivity index (χ4v) is 8.12. The quantitative estimate of drug-likeness (QED) is 0.267. The lowest BCUT2D eigenvalue weighted by Crippen LogP contribution is -2.42. The van der Waals surface area contributed by atoms with Crippen molar-refractivity contribution in [3.63, 3.8) is 0 Å². The molecule has 0 spiro atoms. The van der Waals surface area contributed by atoms with Crippen molar-refractivity contribution < 1.29 is 26.4 Å². The van der Waals surface area contributed by atoms with E-state index in [-0.39, 0.29) is 0 Å². The van der Waals surface area contributed by atoms with Crippen molar-refractivity contribution in [2.75, 3.05) is 7.11 Å². The fraction of sp³-hybridized carbons (Fsp3) is 0.647. The molecule has 0 saturated heterocycles. The molecule has 1 aliphatic carbocycles. The number of hydrogen-bond acceptors (Lipinski definition) is 1. The monoisotopic (exact) mass is 366 g/mol. The van der Waals surface area contributed by atoms with Crippen LogP contribution in [0.5, 0.6) is 0 Å². The molecule has 7 heteroatoms. The second-order valence-corrected chi connectivity index (χ2v) is 11.3. The molecule has 0 N–H and O–H groups in total. The lowest BCUT2D eigenvalue weighted by atomic mass is 9.83. The topological polar surface area (TPSA) is 9.23 Å². The van der Waals surface area contributed by atoms with Gasteiger partial charge in [0.2, 0.25) is 5.82 Å². The Bertz CT molecular complexity index is 558. The minimum Gasteiger partial charge on any atom is -0.420 e. The first kappa shape index (κ1) is 19.4. The van der Waals surface area contributed by atoms with E-state index in [0.717, 1.165) is 12.1 Å². The number of rotatable bonds is 5. The highest BCUT2D eigenvalue weighted by molar-refractivity contribution is 6.75. The van der Waals surface area contributed by atoms with Gasteiger partial charge in [-0.1, -0.05) is 26.7 Å². The van der Waals surface area contributed by atoms with E-state index in [9.17, 15) is 22.0 Å². The van der Waals surface area contributed by atoms with Crippen molar-refractivity contribution in [3.8, 4) is 0 Å². The van der Waals surface area contributed by atoms with Crippen LogP contribution in [0.25, 0.3) is 0 Å². The van der Waals surface area contributed by atoms with Crippen molar-refractivity contribution in [1.82, 2.24) is 0 Å². The number of halogens is 5. The van der Waals surface area contributed by atoms with E-state index in [1.807, 2.05) is 0 Å². The summed E-state index contributed by atoms with van der Waals surface area (Å²) in [7, 11) is -0.183. The van der Waals surface area contributed by atoms with Gasteiger partial charge in [-0.2, -0.15) is 0 Å². The lowest BCUT2D eigenvalue weighted by molar-refractivity contribution is 0.323. The highest BCUT2D eigenvalue weighted by Crippen LogP contribution is 2.47. The maximum atomic E-state index is 14.0. The van der Waals surface area contributed by atoms with Gasteiger partial charge in [0, 0.05) is 12.7 Å². The molecule has 24 heavy (non-hydrogen) atoms. The van der Waals surface area contributed by atoms with Crippen LogP contribution in [0.15, 0.2) is 0 Å². The van der Waals surface area contributed by atoms with Crippen LogP contribution in [-0.4, -0.2) is 15.4 Å². The molecule has 0 unspecified atom stereocenters. The Kier molecular flexibility index (Phi) is 6.07. The SMILES string of the molecule is CC[Si](CC)(OC)C1CCC(c2c(F)c(F)c(F)c(F)c2F)CC1. The Hall–Kier alpha value is -0.953. The Balaban J connectivity index is 2.25. The van der Waals surface area contributed by atoms with Crippen LogP contribution in [-0.2, 0) is 4.43 Å². The summed E-state index contributed by atoms with van der Waals surface area (Å²) in [5.74, 6) is -9.80. The van der Waals surface area contributed by atoms with Crippen molar-refractivity contribution in [1.29, 1.82) is 0 Å². The van der Waals surface area contributed by atoms with E-state index in [1.54, 1.807) is 7.11 Å². The maximum absolute atomic E-state index is 14.0. The normalized spacial score (nSPS) is 22.0. The fourth-order valence-electron chi connectivity index (χ4n) is 4.17. The van der Waals surface area contributed by atoms with Gasteiger partial charge in [0.1, 0.15) is 0 Å². The molecule has 1 nitrogen and oxygen atoms in total. The predicted octanol–water partition coefficient (Wildman–Crippen LogP) is 6.04. The standard InChI is InChI=1S/C17H23F5OSi/c1-4-24(5-2,23-3)11-8-6-10(7-9-11)12-13(18)15(20)17(22)16(21)14(12)19/h10-11H,4-9H2,1-3H3. The molecule has 1 aromatic rings. The zero-order chi connectivity index (χ0) is 18.1. The highest BCUT2D eigenvalue weighted by atomic mass is 28.4. The largest absolute Gasteiger partial charge is 0.420 e. The summed E-state index contributed by atoms with van der Waals surface area (Å²) in [4.78, 5) is 0. The second kappa shape index (κ2) is 7.52. The minimum atomic E-state index is -2.09. The van der Waals surface area contributed by atoms with Gasteiger partial charge in [0.25, 0.3) is 0 Å². The zero-order valence-corrected chi connectivity index (χ0v) is 15.2. The summed E-state index contributed by atoms with van der Waals surface area (Å²) >= 11 is 0. The Labute approximate surface area is 140 Å². The lowest BCUT2D eigenvalue weighted by Gasteiger charge is -2.40. The van der Waals surface area contributed by atoms with Crippen LogP contribution < -0.4 is 0 Å². The first-order chi connectivity index (χ1) is 11.3. The first-order valence-corrected chi connectivity index (χ1v) is 10.8. The van der Waals surface area contributed by atoms with Gasteiger partial charge < -0.3 is 4.43 Å². The molecule has 2 rings (SSSR count). The third kappa shape index (κ3) is 3.12. The molecule has 136 valence electrons. The smallest absolute Gasteiger partial charge is 0.200 e. The average Bonchev–Trinajstić information content (AvgIpc) is 2.61. The summed E-state index contributed by atoms with van der Waals surface area (Å²) in [6.45, 7) is 4.19. The number of benzene rings is 1. The van der Waals surface area contributed by atoms with E-state index in [1.165, 1.54) is 0 Å². The molecule has 1 saturated carbocycles. The van der Waals surface area contributed by atoms with Crippen molar-refractivity contribution in [3.05, 3.63) is 34.6 Å². The van der Waals surface area contributed by atoms with Crippen molar-refractivity contribution >= 4 is 8.32 Å². The van der Waals surface area contributed by atoms with Crippen LogP contribution in [0, 0.1) is 29.1 Å². The van der Waals surface area contributed by atoms with Gasteiger partial charge in [-0.05, 0) is 36.4 Å². The molecule has 1 fully saturated rings. The van der Waals surface area contributed by atoms with Crippen molar-refractivity contribution in [2.24, 2.45) is 0 Å². The maximum Gasteiger partial charge on any atom is 0.200 e. The first-order valence-electron chi connectivity index (χ1n) is 8.39. The molecule has 0 heterocycles. The molecule has 0 aromatic heterocycles. The van der Waals surface area contributed by atoms with Gasteiger partial charge in [-0.25, -0.2) is 22.0 Å². The summed E-state index contributed by atoms with van der Waals surface area (Å²) in [6, 6.07) is 1.91. The zero-order valence-electron chi connectivity index (χ0n) is 14.2. The highest BCUT2D eigenvalue weighted by Gasteiger charge is 2.42.